The zero-order chi connectivity index (χ0) is 27.9. The fourth-order valence-corrected chi connectivity index (χ4v) is 5.80. The quantitative estimate of drug-likeness (QED) is 0.326. The number of sulfonamides is 1. The van der Waals surface area contributed by atoms with Crippen molar-refractivity contribution in [3.63, 3.8) is 0 Å². The first kappa shape index (κ1) is 29.5. The second kappa shape index (κ2) is 13.1. The monoisotopic (exact) mass is 575 g/mol. The lowest BCUT2D eigenvalue weighted by Crippen LogP contribution is -2.53. The Morgan fingerprint density at radius 3 is 2.18 bits per heavy atom. The lowest BCUT2D eigenvalue weighted by molar-refractivity contribution is -0.140. The third kappa shape index (κ3) is 7.28. The summed E-state index contributed by atoms with van der Waals surface area (Å²) in [4.78, 5) is 28.5. The van der Waals surface area contributed by atoms with E-state index in [4.69, 9.17) is 23.2 Å². The first-order valence-electron chi connectivity index (χ1n) is 12.2. The summed E-state index contributed by atoms with van der Waals surface area (Å²) in [5.74, 6) is -0.890. The van der Waals surface area contributed by atoms with Crippen molar-refractivity contribution < 1.29 is 18.0 Å². The van der Waals surface area contributed by atoms with Crippen LogP contribution in [0.1, 0.15) is 32.8 Å². The maximum absolute atomic E-state index is 14.0. The number of rotatable bonds is 11. The van der Waals surface area contributed by atoms with Crippen LogP contribution in [0.15, 0.2) is 83.8 Å². The van der Waals surface area contributed by atoms with Crippen LogP contribution in [0.25, 0.3) is 0 Å². The van der Waals surface area contributed by atoms with Gasteiger partial charge in [0.1, 0.15) is 12.6 Å². The van der Waals surface area contributed by atoms with Crippen LogP contribution < -0.4 is 9.62 Å². The number of nitrogens with zero attached hydrogens (tertiary/aromatic N) is 2. The molecule has 0 aromatic heterocycles. The average molecular weight is 577 g/mol. The maximum atomic E-state index is 14.0. The van der Waals surface area contributed by atoms with Crippen LogP contribution >= 0.6 is 23.2 Å². The second-order valence-corrected chi connectivity index (χ2v) is 11.7. The van der Waals surface area contributed by atoms with Crippen molar-refractivity contribution in [1.82, 2.24) is 10.2 Å². The number of amides is 2. The summed E-state index contributed by atoms with van der Waals surface area (Å²) in [6.45, 7) is 4.94. The van der Waals surface area contributed by atoms with Crippen LogP contribution in [0.3, 0.4) is 0 Å². The van der Waals surface area contributed by atoms with Crippen molar-refractivity contribution in [2.75, 3.05) is 10.8 Å². The van der Waals surface area contributed by atoms with E-state index in [0.717, 1.165) is 4.31 Å². The molecular weight excluding hydrogens is 545 g/mol. The van der Waals surface area contributed by atoms with Crippen LogP contribution in [0.4, 0.5) is 5.69 Å². The van der Waals surface area contributed by atoms with Gasteiger partial charge in [-0.3, -0.25) is 13.9 Å². The molecule has 0 saturated heterocycles. The van der Waals surface area contributed by atoms with Gasteiger partial charge in [0.15, 0.2) is 0 Å². The lowest BCUT2D eigenvalue weighted by Gasteiger charge is -2.33. The second-order valence-electron chi connectivity index (χ2n) is 9.00. The molecule has 0 heterocycles. The molecule has 0 aliphatic carbocycles. The molecule has 1 atom stereocenters. The fraction of sp³-hybridized carbons (Fsp3) is 0.286. The predicted octanol–water partition coefficient (Wildman–Crippen LogP) is 5.52. The fourth-order valence-electron chi connectivity index (χ4n) is 3.99. The third-order valence-corrected chi connectivity index (χ3v) is 8.21. The van der Waals surface area contributed by atoms with Gasteiger partial charge < -0.3 is 10.2 Å². The van der Waals surface area contributed by atoms with Crippen molar-refractivity contribution in [2.45, 2.75) is 50.7 Å². The van der Waals surface area contributed by atoms with E-state index in [1.807, 2.05) is 13.8 Å². The standard InChI is InChI=1S/C28H31Cl2N3O4S/c1-4-26(28(35)31-20(2)3)32(18-21-11-8-9-16-25(21)30)27(34)19-33(23-13-10-12-22(29)17-23)38(36,37)24-14-6-5-7-15-24/h5-17,20,26H,4,18-19H2,1-3H3,(H,31,35)/t26-/m0/s1. The van der Waals surface area contributed by atoms with Crippen molar-refractivity contribution in [2.24, 2.45) is 0 Å². The van der Waals surface area contributed by atoms with E-state index in [-0.39, 0.29) is 29.1 Å². The minimum absolute atomic E-state index is 0.0232. The molecule has 0 spiro atoms. The zero-order valence-electron chi connectivity index (χ0n) is 21.5. The van der Waals surface area contributed by atoms with E-state index in [2.05, 4.69) is 5.32 Å². The Bertz CT molecular complexity index is 1370. The van der Waals surface area contributed by atoms with Crippen LogP contribution in [0.2, 0.25) is 10.0 Å². The van der Waals surface area contributed by atoms with E-state index in [1.54, 1.807) is 67.6 Å². The Labute approximate surface area is 234 Å². The van der Waals surface area contributed by atoms with Gasteiger partial charge in [-0.25, -0.2) is 8.42 Å². The summed E-state index contributed by atoms with van der Waals surface area (Å²) < 4.78 is 28.5. The van der Waals surface area contributed by atoms with Crippen LogP contribution in [0.5, 0.6) is 0 Å². The highest BCUT2D eigenvalue weighted by atomic mass is 35.5. The molecule has 0 fully saturated rings. The van der Waals surface area contributed by atoms with Gasteiger partial charge in [0, 0.05) is 22.6 Å². The van der Waals surface area contributed by atoms with Crippen LogP contribution in [-0.4, -0.2) is 43.8 Å². The van der Waals surface area contributed by atoms with Crippen molar-refractivity contribution in [3.05, 3.63) is 94.5 Å². The van der Waals surface area contributed by atoms with Gasteiger partial charge in [0.05, 0.1) is 10.6 Å². The van der Waals surface area contributed by atoms with E-state index >= 15 is 0 Å². The molecular formula is C28H31Cl2N3O4S. The molecule has 0 unspecified atom stereocenters. The number of hydrogen-bond donors (Lipinski definition) is 1. The van der Waals surface area contributed by atoms with E-state index in [0.29, 0.717) is 22.0 Å². The summed E-state index contributed by atoms with van der Waals surface area (Å²) in [6, 6.07) is 20.2. The topological polar surface area (TPSA) is 86.8 Å². The molecule has 1 N–H and O–H groups in total. The summed E-state index contributed by atoms with van der Waals surface area (Å²) in [5, 5.41) is 3.62. The Balaban J connectivity index is 2.07. The van der Waals surface area contributed by atoms with Gasteiger partial charge in [-0.05, 0) is 62.2 Å². The number of nitrogens with one attached hydrogen (secondary N) is 1. The Kier molecular flexibility index (Phi) is 10.2. The normalized spacial score (nSPS) is 12.2. The third-order valence-electron chi connectivity index (χ3n) is 5.82. The Morgan fingerprint density at radius 1 is 0.921 bits per heavy atom. The average Bonchev–Trinajstić information content (AvgIpc) is 2.88. The molecule has 0 bridgehead atoms. The van der Waals surface area contributed by atoms with Gasteiger partial charge in [-0.1, -0.05) is 72.6 Å². The van der Waals surface area contributed by atoms with Gasteiger partial charge >= 0.3 is 0 Å². The van der Waals surface area contributed by atoms with Crippen LogP contribution in [0, 0.1) is 0 Å². The van der Waals surface area contributed by atoms with Gasteiger partial charge in [-0.15, -0.1) is 0 Å². The summed E-state index contributed by atoms with van der Waals surface area (Å²) in [5.41, 5.74) is 0.866. The van der Waals surface area contributed by atoms with Crippen molar-refractivity contribution >= 4 is 50.7 Å². The molecule has 2 amide bonds. The number of carbonyl (C=O) groups excluding carboxylic acids is 2. The lowest BCUT2D eigenvalue weighted by atomic mass is 10.1. The SMILES string of the molecule is CC[C@@H](C(=O)NC(C)C)N(Cc1ccccc1Cl)C(=O)CN(c1cccc(Cl)c1)S(=O)(=O)c1ccccc1. The summed E-state index contributed by atoms with van der Waals surface area (Å²) in [6.07, 6.45) is 0.317. The first-order valence-corrected chi connectivity index (χ1v) is 14.4. The minimum Gasteiger partial charge on any atom is -0.352 e. The largest absolute Gasteiger partial charge is 0.352 e. The number of carbonyl (C=O) groups is 2. The summed E-state index contributed by atoms with van der Waals surface area (Å²) in [7, 11) is -4.15. The Morgan fingerprint density at radius 2 is 1.58 bits per heavy atom. The number of anilines is 1. The molecule has 10 heteroatoms. The van der Waals surface area contributed by atoms with Gasteiger partial charge in [0.2, 0.25) is 11.8 Å². The number of halogens is 2. The molecule has 0 saturated carbocycles. The molecule has 3 aromatic carbocycles. The molecule has 0 radical (unpaired) electrons. The minimum atomic E-state index is -4.15. The van der Waals surface area contributed by atoms with Crippen molar-refractivity contribution in [3.8, 4) is 0 Å². The maximum Gasteiger partial charge on any atom is 0.264 e. The first-order chi connectivity index (χ1) is 18.0. The smallest absolute Gasteiger partial charge is 0.264 e. The Hall–Kier alpha value is -3.07. The molecule has 38 heavy (non-hydrogen) atoms. The highest BCUT2D eigenvalue weighted by molar-refractivity contribution is 7.92. The van der Waals surface area contributed by atoms with E-state index in [1.165, 1.54) is 23.1 Å². The van der Waals surface area contributed by atoms with Gasteiger partial charge in [0.25, 0.3) is 10.0 Å². The van der Waals surface area contributed by atoms with Gasteiger partial charge in [-0.2, -0.15) is 0 Å². The van der Waals surface area contributed by atoms with Crippen molar-refractivity contribution in [1.29, 1.82) is 0 Å². The predicted molar refractivity (Wildman–Crippen MR) is 152 cm³/mol. The molecule has 3 rings (SSSR count). The van der Waals surface area contributed by atoms with E-state index in [9.17, 15) is 18.0 Å². The number of hydrogen-bond acceptors (Lipinski definition) is 4. The molecule has 0 aliphatic heterocycles. The highest BCUT2D eigenvalue weighted by Gasteiger charge is 2.34. The zero-order valence-corrected chi connectivity index (χ0v) is 23.8. The summed E-state index contributed by atoms with van der Waals surface area (Å²) >= 11 is 12.6. The van der Waals surface area contributed by atoms with Crippen LogP contribution in [-0.2, 0) is 26.2 Å². The number of benzene rings is 3. The molecule has 202 valence electrons. The highest BCUT2D eigenvalue weighted by Crippen LogP contribution is 2.27. The molecule has 3 aromatic rings. The molecule has 0 aliphatic rings. The van der Waals surface area contributed by atoms with E-state index < -0.39 is 28.5 Å². The molecule has 7 nitrogen and oxygen atoms in total.